The first-order chi connectivity index (χ1) is 8.41. The van der Waals surface area contributed by atoms with Crippen molar-refractivity contribution in [1.82, 2.24) is 10.3 Å². The molecule has 0 spiro atoms. The van der Waals surface area contributed by atoms with Gasteiger partial charge in [0.15, 0.2) is 6.04 Å². The topological polar surface area (TPSA) is 112 Å². The number of anilines is 1. The number of carboxylic acid groups (broad SMARTS) is 1. The molecule has 2 atom stereocenters. The molecule has 1 aromatic heterocycles. The molecule has 7 heteroatoms. The van der Waals surface area contributed by atoms with Crippen molar-refractivity contribution >= 4 is 17.7 Å². The number of aromatic nitrogens is 1. The fourth-order valence-electron chi connectivity index (χ4n) is 1.28. The van der Waals surface area contributed by atoms with E-state index in [1.54, 1.807) is 19.2 Å². The lowest BCUT2D eigenvalue weighted by molar-refractivity contribution is -0.141. The number of aliphatic hydroxyl groups is 1. The molecule has 0 unspecified atom stereocenters. The maximum Gasteiger partial charge on any atom is 0.328 e. The number of amides is 2. The summed E-state index contributed by atoms with van der Waals surface area (Å²) >= 11 is 0. The number of rotatable bonds is 4. The molecule has 1 aromatic rings. The van der Waals surface area contributed by atoms with Gasteiger partial charge in [-0.15, -0.1) is 0 Å². The molecule has 7 nitrogen and oxygen atoms in total. The summed E-state index contributed by atoms with van der Waals surface area (Å²) < 4.78 is 0. The van der Waals surface area contributed by atoms with Crippen LogP contribution in [0, 0.1) is 6.92 Å². The molecule has 0 aliphatic carbocycles. The minimum absolute atomic E-state index is 0.477. The van der Waals surface area contributed by atoms with E-state index in [1.807, 2.05) is 0 Å². The summed E-state index contributed by atoms with van der Waals surface area (Å²) in [6.07, 6.45) is 1.84. The van der Waals surface area contributed by atoms with Crippen molar-refractivity contribution in [3.8, 4) is 0 Å². The number of nitrogens with zero attached hydrogens (tertiary/aromatic N) is 1. The van der Waals surface area contributed by atoms with Crippen LogP contribution in [0.5, 0.6) is 0 Å². The molecule has 0 bridgehead atoms. The van der Waals surface area contributed by atoms with Gasteiger partial charge < -0.3 is 20.8 Å². The largest absolute Gasteiger partial charge is 0.480 e. The number of aliphatic carboxylic acids is 1. The van der Waals surface area contributed by atoms with Gasteiger partial charge in [0.2, 0.25) is 0 Å². The molecule has 0 radical (unpaired) electrons. The molecule has 0 aliphatic heterocycles. The van der Waals surface area contributed by atoms with Crippen molar-refractivity contribution < 1.29 is 19.8 Å². The van der Waals surface area contributed by atoms with Gasteiger partial charge >= 0.3 is 12.0 Å². The fourth-order valence-corrected chi connectivity index (χ4v) is 1.28. The summed E-state index contributed by atoms with van der Waals surface area (Å²) in [6, 6.07) is -0.361. The number of urea groups is 1. The van der Waals surface area contributed by atoms with E-state index >= 15 is 0 Å². The summed E-state index contributed by atoms with van der Waals surface area (Å²) in [5, 5.41) is 22.6. The zero-order chi connectivity index (χ0) is 13.7. The van der Waals surface area contributed by atoms with E-state index in [-0.39, 0.29) is 0 Å². The minimum atomic E-state index is -1.36. The van der Waals surface area contributed by atoms with E-state index in [0.29, 0.717) is 5.69 Å². The number of hydrogen-bond acceptors (Lipinski definition) is 4. The van der Waals surface area contributed by atoms with Crippen molar-refractivity contribution in [2.24, 2.45) is 0 Å². The van der Waals surface area contributed by atoms with Crippen LogP contribution in [-0.2, 0) is 4.79 Å². The lowest BCUT2D eigenvalue weighted by Crippen LogP contribution is -2.49. The Labute approximate surface area is 104 Å². The lowest BCUT2D eigenvalue weighted by atomic mass is 10.2. The highest BCUT2D eigenvalue weighted by Gasteiger charge is 2.24. The number of carbonyl (C=O) groups is 2. The Morgan fingerprint density at radius 1 is 1.44 bits per heavy atom. The Morgan fingerprint density at radius 3 is 2.61 bits per heavy atom. The molecule has 1 rings (SSSR count). The molecular formula is C11H15N3O4. The van der Waals surface area contributed by atoms with Crippen LogP contribution < -0.4 is 10.6 Å². The van der Waals surface area contributed by atoms with E-state index in [1.165, 1.54) is 13.1 Å². The summed E-state index contributed by atoms with van der Waals surface area (Å²) in [5.41, 5.74) is 1.27. The number of carboxylic acids is 1. The van der Waals surface area contributed by atoms with Crippen LogP contribution in [-0.4, -0.2) is 39.3 Å². The molecule has 18 heavy (non-hydrogen) atoms. The second-order valence-electron chi connectivity index (χ2n) is 3.85. The van der Waals surface area contributed by atoms with Crippen LogP contribution in [0.1, 0.15) is 12.5 Å². The quantitative estimate of drug-likeness (QED) is 0.618. The first kappa shape index (κ1) is 13.9. The minimum Gasteiger partial charge on any atom is -0.480 e. The fraction of sp³-hybridized carbons (Fsp3) is 0.364. The van der Waals surface area contributed by atoms with Crippen LogP contribution in [0.2, 0.25) is 0 Å². The van der Waals surface area contributed by atoms with Crippen LogP contribution >= 0.6 is 0 Å². The van der Waals surface area contributed by atoms with Crippen molar-refractivity contribution in [2.45, 2.75) is 26.0 Å². The zero-order valence-corrected chi connectivity index (χ0v) is 10.0. The van der Waals surface area contributed by atoms with Crippen molar-refractivity contribution in [3.63, 3.8) is 0 Å². The molecule has 0 fully saturated rings. The Hall–Kier alpha value is -2.15. The smallest absolute Gasteiger partial charge is 0.328 e. The van der Waals surface area contributed by atoms with E-state index in [9.17, 15) is 14.7 Å². The van der Waals surface area contributed by atoms with Gasteiger partial charge in [-0.05, 0) is 25.5 Å². The average Bonchev–Trinajstić information content (AvgIpc) is 2.28. The van der Waals surface area contributed by atoms with Gasteiger partial charge in [0.05, 0.1) is 18.0 Å². The molecule has 0 saturated carbocycles. The van der Waals surface area contributed by atoms with E-state index in [0.717, 1.165) is 5.56 Å². The van der Waals surface area contributed by atoms with Gasteiger partial charge in [-0.3, -0.25) is 4.98 Å². The predicted molar refractivity (Wildman–Crippen MR) is 64.2 cm³/mol. The Morgan fingerprint density at radius 2 is 2.11 bits per heavy atom. The summed E-state index contributed by atoms with van der Waals surface area (Å²) in [4.78, 5) is 26.2. The molecule has 0 aliphatic rings. The first-order valence-corrected chi connectivity index (χ1v) is 5.31. The van der Waals surface area contributed by atoms with Crippen LogP contribution in [0.4, 0.5) is 10.5 Å². The molecule has 0 saturated heterocycles. The van der Waals surface area contributed by atoms with Crippen molar-refractivity contribution in [2.75, 3.05) is 5.32 Å². The van der Waals surface area contributed by atoms with Crippen molar-refractivity contribution in [3.05, 3.63) is 24.0 Å². The monoisotopic (exact) mass is 253 g/mol. The highest BCUT2D eigenvalue weighted by molar-refractivity contribution is 5.92. The number of aliphatic hydroxyl groups excluding tert-OH is 1. The maximum absolute atomic E-state index is 11.6. The molecule has 98 valence electrons. The lowest BCUT2D eigenvalue weighted by Gasteiger charge is -2.17. The average molecular weight is 253 g/mol. The molecular weight excluding hydrogens is 238 g/mol. The van der Waals surface area contributed by atoms with E-state index in [4.69, 9.17) is 5.11 Å². The molecule has 2 amide bonds. The van der Waals surface area contributed by atoms with Crippen molar-refractivity contribution in [1.29, 1.82) is 0 Å². The Balaban J connectivity index is 2.67. The summed E-state index contributed by atoms with van der Waals surface area (Å²) in [5.74, 6) is -1.30. The number of carbonyl (C=O) groups excluding carboxylic acids is 1. The Kier molecular flexibility index (Phi) is 4.61. The highest BCUT2D eigenvalue weighted by Crippen LogP contribution is 2.10. The normalized spacial score (nSPS) is 13.5. The van der Waals surface area contributed by atoms with E-state index in [2.05, 4.69) is 15.6 Å². The highest BCUT2D eigenvalue weighted by atomic mass is 16.4. The zero-order valence-electron chi connectivity index (χ0n) is 10.0. The standard InChI is InChI=1S/C11H15N3O4/c1-6-3-4-12-5-8(6)13-11(18)14-9(7(2)15)10(16)17/h3-5,7,9,15H,1-2H3,(H,16,17)(H2,13,14,18)/t7-,9+/m1/s1. The van der Waals surface area contributed by atoms with Gasteiger partial charge in [0, 0.05) is 6.20 Å². The third kappa shape index (κ3) is 3.70. The van der Waals surface area contributed by atoms with Crippen LogP contribution in [0.25, 0.3) is 0 Å². The SMILES string of the molecule is Cc1ccncc1NC(=O)N[C@H](C(=O)O)[C@@H](C)O. The predicted octanol–water partition coefficient (Wildman–Crippen LogP) is 0.346. The van der Waals surface area contributed by atoms with Gasteiger partial charge in [0.1, 0.15) is 0 Å². The number of hydrogen-bond donors (Lipinski definition) is 4. The molecule has 1 heterocycles. The second-order valence-corrected chi connectivity index (χ2v) is 3.85. The van der Waals surface area contributed by atoms with Gasteiger partial charge in [-0.1, -0.05) is 0 Å². The first-order valence-electron chi connectivity index (χ1n) is 5.31. The maximum atomic E-state index is 11.6. The number of aryl methyl sites for hydroxylation is 1. The van der Waals surface area contributed by atoms with Gasteiger partial charge in [-0.2, -0.15) is 0 Å². The second kappa shape index (κ2) is 5.97. The van der Waals surface area contributed by atoms with Crippen LogP contribution in [0.3, 0.4) is 0 Å². The summed E-state index contributed by atoms with van der Waals surface area (Å²) in [7, 11) is 0. The Bertz CT molecular complexity index is 448. The summed E-state index contributed by atoms with van der Waals surface area (Å²) in [6.45, 7) is 3.06. The third-order valence-corrected chi connectivity index (χ3v) is 2.32. The molecule has 0 aromatic carbocycles. The number of pyridine rings is 1. The van der Waals surface area contributed by atoms with Crippen LogP contribution in [0.15, 0.2) is 18.5 Å². The van der Waals surface area contributed by atoms with E-state index < -0.39 is 24.1 Å². The molecule has 4 N–H and O–H groups in total. The number of nitrogens with one attached hydrogen (secondary N) is 2. The third-order valence-electron chi connectivity index (χ3n) is 2.32. The van der Waals surface area contributed by atoms with Gasteiger partial charge in [0.25, 0.3) is 0 Å². The van der Waals surface area contributed by atoms with Gasteiger partial charge in [-0.25, -0.2) is 9.59 Å².